The van der Waals surface area contributed by atoms with Crippen LogP contribution >= 0.6 is 7.14 Å². The summed E-state index contributed by atoms with van der Waals surface area (Å²) in [5, 5.41) is 10.4. The zero-order valence-corrected chi connectivity index (χ0v) is 11.5. The van der Waals surface area contributed by atoms with Gasteiger partial charge in [0.2, 0.25) is 0 Å². The van der Waals surface area contributed by atoms with Crippen molar-refractivity contribution in [2.24, 2.45) is 0 Å². The Bertz CT molecular complexity index is 564. The fourth-order valence-electron chi connectivity index (χ4n) is 2.05. The molecule has 0 fully saturated rings. The van der Waals surface area contributed by atoms with E-state index in [4.69, 9.17) is 0 Å². The first-order valence-electron chi connectivity index (χ1n) is 6.00. The molecular weight excluding hydrogens is 259 g/mol. The van der Waals surface area contributed by atoms with Crippen molar-refractivity contribution in [1.29, 1.82) is 0 Å². The van der Waals surface area contributed by atoms with Crippen LogP contribution in [0, 0.1) is 0 Å². The lowest BCUT2D eigenvalue weighted by molar-refractivity contribution is -0.136. The van der Waals surface area contributed by atoms with Gasteiger partial charge in [-0.25, -0.2) is 0 Å². The highest BCUT2D eigenvalue weighted by molar-refractivity contribution is 7.80. The summed E-state index contributed by atoms with van der Waals surface area (Å²) in [6, 6.07) is 17.7. The van der Waals surface area contributed by atoms with Crippen LogP contribution in [0.1, 0.15) is 6.92 Å². The molecule has 1 atom stereocenters. The van der Waals surface area contributed by atoms with Crippen molar-refractivity contribution in [2.75, 3.05) is 0 Å². The second-order valence-corrected chi connectivity index (χ2v) is 7.47. The van der Waals surface area contributed by atoms with E-state index in [1.165, 1.54) is 6.92 Å². The molecule has 0 radical (unpaired) electrons. The van der Waals surface area contributed by atoms with Crippen molar-refractivity contribution in [1.82, 2.24) is 0 Å². The normalized spacial score (nSPS) is 12.9. The van der Waals surface area contributed by atoms with E-state index >= 15 is 0 Å². The number of benzene rings is 2. The van der Waals surface area contributed by atoms with Crippen LogP contribution in [0.5, 0.6) is 0 Å². The van der Waals surface area contributed by atoms with Crippen LogP contribution in [0.2, 0.25) is 0 Å². The van der Waals surface area contributed by atoms with Gasteiger partial charge in [0.15, 0.2) is 7.14 Å². The molecule has 0 heterocycles. The largest absolute Gasteiger partial charge is 0.481 e. The van der Waals surface area contributed by atoms with Gasteiger partial charge in [0, 0.05) is 10.6 Å². The van der Waals surface area contributed by atoms with E-state index in [0.717, 1.165) is 0 Å². The smallest absolute Gasteiger partial charge is 0.314 e. The molecule has 1 N–H and O–H groups in total. The summed E-state index contributed by atoms with van der Waals surface area (Å²) in [6.45, 7) is 1.50. The molecule has 98 valence electrons. The van der Waals surface area contributed by atoms with Crippen LogP contribution in [-0.2, 0) is 9.36 Å². The first-order valence-corrected chi connectivity index (χ1v) is 7.78. The van der Waals surface area contributed by atoms with Gasteiger partial charge in [-0.3, -0.25) is 4.79 Å². The summed E-state index contributed by atoms with van der Waals surface area (Å²) >= 11 is 0. The highest BCUT2D eigenvalue weighted by Crippen LogP contribution is 2.48. The van der Waals surface area contributed by atoms with Crippen LogP contribution in [-0.4, -0.2) is 16.7 Å². The second-order valence-electron chi connectivity index (χ2n) is 4.34. The Morgan fingerprint density at radius 2 is 1.32 bits per heavy atom. The predicted octanol–water partition coefficient (Wildman–Crippen LogP) is 2.47. The van der Waals surface area contributed by atoms with Gasteiger partial charge in [-0.1, -0.05) is 60.7 Å². The standard InChI is InChI=1S/C15H15O3P/c1-12(15(16)17)19(18,13-8-4-2-5-9-13)14-10-6-3-7-11-14/h2-12H,1H3,(H,16,17)/t12-/m1/s1. The van der Waals surface area contributed by atoms with Crippen LogP contribution in [0.25, 0.3) is 0 Å². The minimum atomic E-state index is -3.17. The van der Waals surface area contributed by atoms with Crippen molar-refractivity contribution in [3.63, 3.8) is 0 Å². The molecule has 0 aliphatic rings. The maximum Gasteiger partial charge on any atom is 0.314 e. The molecule has 2 aromatic carbocycles. The molecule has 0 aliphatic heterocycles. The van der Waals surface area contributed by atoms with Crippen molar-refractivity contribution in [2.45, 2.75) is 12.6 Å². The van der Waals surface area contributed by atoms with E-state index < -0.39 is 18.8 Å². The number of carbonyl (C=O) groups is 1. The lowest BCUT2D eigenvalue weighted by Crippen LogP contribution is -2.29. The Balaban J connectivity index is 2.65. The molecule has 2 rings (SSSR count). The van der Waals surface area contributed by atoms with Crippen LogP contribution in [0.15, 0.2) is 60.7 Å². The van der Waals surface area contributed by atoms with Gasteiger partial charge < -0.3 is 9.67 Å². The van der Waals surface area contributed by atoms with Gasteiger partial charge in [0.1, 0.15) is 5.66 Å². The quantitative estimate of drug-likeness (QED) is 0.871. The minimum Gasteiger partial charge on any atom is -0.481 e. The van der Waals surface area contributed by atoms with E-state index in [2.05, 4.69) is 0 Å². The number of rotatable bonds is 4. The molecule has 0 aromatic heterocycles. The number of carboxylic acids is 1. The van der Waals surface area contributed by atoms with Crippen molar-refractivity contribution in [3.05, 3.63) is 60.7 Å². The van der Waals surface area contributed by atoms with Gasteiger partial charge in [-0.05, 0) is 6.92 Å². The third kappa shape index (κ3) is 2.47. The third-order valence-electron chi connectivity index (χ3n) is 3.18. The monoisotopic (exact) mass is 274 g/mol. The molecular formula is C15H15O3P. The molecule has 3 nitrogen and oxygen atoms in total. The zero-order valence-electron chi connectivity index (χ0n) is 10.6. The van der Waals surface area contributed by atoms with E-state index in [9.17, 15) is 14.5 Å². The maximum absolute atomic E-state index is 13.4. The van der Waals surface area contributed by atoms with Gasteiger partial charge >= 0.3 is 5.97 Å². The van der Waals surface area contributed by atoms with Gasteiger partial charge in [-0.15, -0.1) is 0 Å². The predicted molar refractivity (Wildman–Crippen MR) is 76.9 cm³/mol. The second kappa shape index (κ2) is 5.41. The Labute approximate surface area is 112 Å². The summed E-state index contributed by atoms with van der Waals surface area (Å²) in [7, 11) is -3.17. The Hall–Kier alpha value is -1.86. The molecule has 19 heavy (non-hydrogen) atoms. The van der Waals surface area contributed by atoms with Gasteiger partial charge in [-0.2, -0.15) is 0 Å². The average molecular weight is 274 g/mol. The fourth-order valence-corrected chi connectivity index (χ4v) is 4.78. The first-order chi connectivity index (χ1) is 9.06. The Kier molecular flexibility index (Phi) is 3.87. The van der Waals surface area contributed by atoms with Crippen molar-refractivity contribution < 1.29 is 14.5 Å². The molecule has 4 heteroatoms. The number of aliphatic carboxylic acids is 1. The summed E-state index contributed by atoms with van der Waals surface area (Å²) < 4.78 is 13.4. The summed E-state index contributed by atoms with van der Waals surface area (Å²) in [5.74, 6) is -1.05. The average Bonchev–Trinajstić information content (AvgIpc) is 2.47. The SMILES string of the molecule is C[C@H](C(=O)O)P(=O)(c1ccccc1)c1ccccc1. The van der Waals surface area contributed by atoms with Crippen molar-refractivity contribution >= 4 is 23.7 Å². The summed E-state index contributed by atoms with van der Waals surface area (Å²) in [6.07, 6.45) is 0. The minimum absolute atomic E-state index is 0.580. The molecule has 0 spiro atoms. The number of hydrogen-bond donors (Lipinski definition) is 1. The molecule has 0 saturated carbocycles. The topological polar surface area (TPSA) is 54.4 Å². The maximum atomic E-state index is 13.4. The van der Waals surface area contributed by atoms with E-state index in [-0.39, 0.29) is 0 Å². The van der Waals surface area contributed by atoms with Gasteiger partial charge in [0.05, 0.1) is 0 Å². The fraction of sp³-hybridized carbons (Fsp3) is 0.133. The summed E-state index contributed by atoms with van der Waals surface area (Å²) in [4.78, 5) is 11.3. The first kappa shape index (κ1) is 13.6. The lowest BCUT2D eigenvalue weighted by Gasteiger charge is -2.23. The molecule has 0 amide bonds. The Morgan fingerprint density at radius 1 is 0.947 bits per heavy atom. The van der Waals surface area contributed by atoms with E-state index in [1.807, 2.05) is 12.1 Å². The molecule has 0 bridgehead atoms. The Morgan fingerprint density at radius 3 is 1.63 bits per heavy atom. The van der Waals surface area contributed by atoms with Crippen LogP contribution in [0.3, 0.4) is 0 Å². The number of carboxylic acid groups (broad SMARTS) is 1. The molecule has 0 saturated heterocycles. The molecule has 0 unspecified atom stereocenters. The molecule has 2 aromatic rings. The lowest BCUT2D eigenvalue weighted by atomic mass is 10.4. The summed E-state index contributed by atoms with van der Waals surface area (Å²) in [5.41, 5.74) is -0.947. The molecule has 0 aliphatic carbocycles. The highest BCUT2D eigenvalue weighted by Gasteiger charge is 2.37. The van der Waals surface area contributed by atoms with Crippen LogP contribution in [0.4, 0.5) is 0 Å². The number of hydrogen-bond acceptors (Lipinski definition) is 2. The highest BCUT2D eigenvalue weighted by atomic mass is 31.2. The van der Waals surface area contributed by atoms with Gasteiger partial charge in [0.25, 0.3) is 0 Å². The van der Waals surface area contributed by atoms with Crippen LogP contribution < -0.4 is 10.6 Å². The van der Waals surface area contributed by atoms with E-state index in [1.54, 1.807) is 48.5 Å². The van der Waals surface area contributed by atoms with E-state index in [0.29, 0.717) is 10.6 Å². The van der Waals surface area contributed by atoms with Crippen molar-refractivity contribution in [3.8, 4) is 0 Å². The zero-order chi connectivity index (χ0) is 13.9. The third-order valence-corrected chi connectivity index (χ3v) is 6.62.